The molecule has 0 saturated carbocycles. The molecule has 0 aromatic heterocycles. The highest BCUT2D eigenvalue weighted by Crippen LogP contribution is 2.39. The maximum absolute atomic E-state index is 12.4. The number of methoxy groups -OCH3 is 1. The Morgan fingerprint density at radius 3 is 2.46 bits per heavy atom. The van der Waals surface area contributed by atoms with Crippen molar-refractivity contribution in [3.63, 3.8) is 0 Å². The summed E-state index contributed by atoms with van der Waals surface area (Å²) in [5, 5.41) is 0.675. The van der Waals surface area contributed by atoms with Crippen LogP contribution in [0.4, 0.5) is 13.2 Å². The van der Waals surface area contributed by atoms with E-state index in [0.717, 1.165) is 30.4 Å². The predicted molar refractivity (Wildman–Crippen MR) is 91.0 cm³/mol. The normalized spacial score (nSPS) is 17.0. The molecule has 0 fully saturated rings. The van der Waals surface area contributed by atoms with E-state index in [9.17, 15) is 13.2 Å². The first kappa shape index (κ1) is 17.5. The third kappa shape index (κ3) is 4.01. The number of rotatable bonds is 4. The van der Waals surface area contributed by atoms with E-state index in [1.165, 1.54) is 17.7 Å². The van der Waals surface area contributed by atoms with E-state index >= 15 is 0 Å². The van der Waals surface area contributed by atoms with E-state index in [2.05, 4.69) is 0 Å². The zero-order chi connectivity index (χ0) is 17.3. The molecular formula is C18H16ClF3OS. The maximum Gasteiger partial charge on any atom is 0.446 e. The van der Waals surface area contributed by atoms with Gasteiger partial charge in [0.2, 0.25) is 0 Å². The molecular weight excluding hydrogens is 357 g/mol. The van der Waals surface area contributed by atoms with Crippen LogP contribution in [0.15, 0.2) is 41.3 Å². The monoisotopic (exact) mass is 372 g/mol. The Balaban J connectivity index is 1.67. The number of hydrogen-bond donors (Lipinski definition) is 0. The zero-order valence-corrected chi connectivity index (χ0v) is 14.6. The van der Waals surface area contributed by atoms with Crippen molar-refractivity contribution in [2.24, 2.45) is 5.92 Å². The molecule has 3 rings (SSSR count). The summed E-state index contributed by atoms with van der Waals surface area (Å²) < 4.78 is 42.3. The highest BCUT2D eigenvalue weighted by Gasteiger charge is 2.29. The molecule has 0 spiro atoms. The van der Waals surface area contributed by atoms with Gasteiger partial charge in [0.05, 0.1) is 12.1 Å². The fraction of sp³-hybridized carbons (Fsp3) is 0.333. The summed E-state index contributed by atoms with van der Waals surface area (Å²) in [6.07, 6.45) is 2.62. The molecule has 1 aliphatic rings. The molecule has 2 aromatic carbocycles. The van der Waals surface area contributed by atoms with Crippen LogP contribution in [0.2, 0.25) is 5.02 Å². The van der Waals surface area contributed by atoms with E-state index in [0.29, 0.717) is 16.7 Å². The fourth-order valence-corrected chi connectivity index (χ4v) is 4.06. The van der Waals surface area contributed by atoms with Crippen LogP contribution in [0.1, 0.15) is 16.7 Å². The first-order valence-electron chi connectivity index (χ1n) is 7.54. The van der Waals surface area contributed by atoms with Crippen LogP contribution in [-0.2, 0) is 19.3 Å². The second-order valence-electron chi connectivity index (χ2n) is 5.89. The Hall–Kier alpha value is -1.33. The lowest BCUT2D eigenvalue weighted by atomic mass is 9.97. The number of alkyl halides is 3. The van der Waals surface area contributed by atoms with Gasteiger partial charge in [-0.2, -0.15) is 13.2 Å². The van der Waals surface area contributed by atoms with Crippen LogP contribution in [0.3, 0.4) is 0 Å². The van der Waals surface area contributed by atoms with Crippen molar-refractivity contribution < 1.29 is 17.9 Å². The van der Waals surface area contributed by atoms with Gasteiger partial charge in [-0.1, -0.05) is 29.8 Å². The Morgan fingerprint density at radius 1 is 1.12 bits per heavy atom. The highest BCUT2D eigenvalue weighted by atomic mass is 35.5. The molecule has 6 heteroatoms. The largest absolute Gasteiger partial charge is 0.495 e. The van der Waals surface area contributed by atoms with Gasteiger partial charge in [0.15, 0.2) is 0 Å². The highest BCUT2D eigenvalue weighted by molar-refractivity contribution is 8.00. The van der Waals surface area contributed by atoms with Crippen molar-refractivity contribution in [1.82, 2.24) is 0 Å². The molecule has 1 atom stereocenters. The number of benzene rings is 2. The number of hydrogen-bond acceptors (Lipinski definition) is 2. The van der Waals surface area contributed by atoms with Crippen LogP contribution in [-0.4, -0.2) is 12.6 Å². The number of fused-ring (bicyclic) bond motifs is 1. The summed E-state index contributed by atoms with van der Waals surface area (Å²) in [6, 6.07) is 10.5. The molecule has 0 saturated heterocycles. The molecule has 24 heavy (non-hydrogen) atoms. The molecule has 1 aliphatic carbocycles. The minimum atomic E-state index is -4.25. The van der Waals surface area contributed by atoms with Gasteiger partial charge >= 0.3 is 5.51 Å². The minimum absolute atomic E-state index is 0.0833. The molecule has 0 N–H and O–H groups in total. The van der Waals surface area contributed by atoms with Crippen molar-refractivity contribution in [2.45, 2.75) is 29.7 Å². The molecule has 0 radical (unpaired) electrons. The van der Waals surface area contributed by atoms with Gasteiger partial charge in [0.1, 0.15) is 5.75 Å². The van der Waals surface area contributed by atoms with Crippen molar-refractivity contribution >= 4 is 23.4 Å². The second-order valence-corrected chi connectivity index (χ2v) is 7.41. The minimum Gasteiger partial charge on any atom is -0.495 e. The number of halogens is 4. The second kappa shape index (κ2) is 6.89. The number of ether oxygens (including phenoxy) is 1. The fourth-order valence-electron chi connectivity index (χ4n) is 3.19. The summed E-state index contributed by atoms with van der Waals surface area (Å²) in [7, 11) is 1.60. The third-order valence-electron chi connectivity index (χ3n) is 4.21. The Kier molecular flexibility index (Phi) is 5.02. The maximum atomic E-state index is 12.4. The van der Waals surface area contributed by atoms with E-state index in [-0.39, 0.29) is 16.7 Å². The van der Waals surface area contributed by atoms with Crippen LogP contribution in [0, 0.1) is 5.92 Å². The Bertz CT molecular complexity index is 728. The Labute approximate surface area is 148 Å². The first-order chi connectivity index (χ1) is 11.4. The lowest BCUT2D eigenvalue weighted by molar-refractivity contribution is -0.0328. The van der Waals surface area contributed by atoms with Crippen molar-refractivity contribution in [2.75, 3.05) is 7.11 Å². The van der Waals surface area contributed by atoms with Crippen LogP contribution in [0.25, 0.3) is 0 Å². The van der Waals surface area contributed by atoms with Gasteiger partial charge < -0.3 is 4.74 Å². The van der Waals surface area contributed by atoms with Crippen LogP contribution < -0.4 is 4.74 Å². The lowest BCUT2D eigenvalue weighted by Crippen LogP contribution is -2.04. The summed E-state index contributed by atoms with van der Waals surface area (Å²) in [5.41, 5.74) is -0.840. The molecule has 0 aliphatic heterocycles. The third-order valence-corrected chi connectivity index (χ3v) is 5.36. The van der Waals surface area contributed by atoms with Gasteiger partial charge in [-0.25, -0.2) is 0 Å². The topological polar surface area (TPSA) is 9.23 Å². The van der Waals surface area contributed by atoms with Crippen molar-refractivity contribution in [3.05, 3.63) is 58.1 Å². The molecule has 2 aromatic rings. The standard InChI is InChI=1S/C18H16ClF3OS/c1-23-16-7-4-13-9-12(10-15(13)17(16)19)8-11-2-5-14(6-3-11)24-18(20,21)22/h2-7,12H,8-10H2,1H3. The van der Waals surface area contributed by atoms with Gasteiger partial charge in [-0.15, -0.1) is 0 Å². The van der Waals surface area contributed by atoms with Crippen LogP contribution in [0.5, 0.6) is 5.75 Å². The summed E-state index contributed by atoms with van der Waals surface area (Å²) in [6.45, 7) is 0. The van der Waals surface area contributed by atoms with Gasteiger partial charge in [-0.05, 0) is 71.8 Å². The van der Waals surface area contributed by atoms with E-state index in [1.807, 2.05) is 12.1 Å². The van der Waals surface area contributed by atoms with Crippen LogP contribution >= 0.6 is 23.4 Å². The SMILES string of the molecule is COc1ccc2c(c1Cl)CC(Cc1ccc(SC(F)(F)F)cc1)C2. The number of thioether (sulfide) groups is 1. The average Bonchev–Trinajstić information content (AvgIpc) is 2.92. The van der Waals surface area contributed by atoms with Gasteiger partial charge in [-0.3, -0.25) is 0 Å². The summed E-state index contributed by atoms with van der Waals surface area (Å²) in [4.78, 5) is 0.216. The average molecular weight is 373 g/mol. The molecule has 1 unspecified atom stereocenters. The predicted octanol–water partition coefficient (Wildman–Crippen LogP) is 5.92. The first-order valence-corrected chi connectivity index (χ1v) is 8.74. The molecule has 1 nitrogen and oxygen atoms in total. The van der Waals surface area contributed by atoms with E-state index < -0.39 is 5.51 Å². The smallest absolute Gasteiger partial charge is 0.446 e. The van der Waals surface area contributed by atoms with Crippen molar-refractivity contribution in [3.8, 4) is 5.75 Å². The lowest BCUT2D eigenvalue weighted by Gasteiger charge is -2.10. The van der Waals surface area contributed by atoms with E-state index in [1.54, 1.807) is 19.2 Å². The zero-order valence-electron chi connectivity index (χ0n) is 13.0. The molecule has 0 amide bonds. The van der Waals surface area contributed by atoms with Gasteiger partial charge in [0.25, 0.3) is 0 Å². The van der Waals surface area contributed by atoms with Crippen molar-refractivity contribution in [1.29, 1.82) is 0 Å². The molecule has 0 bridgehead atoms. The summed E-state index contributed by atoms with van der Waals surface area (Å²) in [5.74, 6) is 1.09. The van der Waals surface area contributed by atoms with Gasteiger partial charge in [0, 0.05) is 4.90 Å². The summed E-state index contributed by atoms with van der Waals surface area (Å²) >= 11 is 6.29. The molecule has 128 valence electrons. The van der Waals surface area contributed by atoms with E-state index in [4.69, 9.17) is 16.3 Å². The molecule has 0 heterocycles. The Morgan fingerprint density at radius 2 is 1.83 bits per heavy atom. The quantitative estimate of drug-likeness (QED) is 0.616.